The zero-order chi connectivity index (χ0) is 19.1. The summed E-state index contributed by atoms with van der Waals surface area (Å²) >= 11 is 3.29. The molecule has 8 heteroatoms. The van der Waals surface area contributed by atoms with Gasteiger partial charge in [-0.1, -0.05) is 0 Å². The number of aromatic nitrogens is 2. The summed E-state index contributed by atoms with van der Waals surface area (Å²) in [5.74, 6) is -0.0880. The molecule has 0 radical (unpaired) electrons. The van der Waals surface area contributed by atoms with E-state index >= 15 is 4.39 Å². The fraction of sp³-hybridized carbons (Fsp3) is 0.722. The van der Waals surface area contributed by atoms with Crippen molar-refractivity contribution in [1.29, 1.82) is 0 Å². The van der Waals surface area contributed by atoms with Gasteiger partial charge in [0.2, 0.25) is 0 Å². The van der Waals surface area contributed by atoms with Crippen LogP contribution in [0.1, 0.15) is 32.6 Å². The molecule has 3 aliphatic carbocycles. The van der Waals surface area contributed by atoms with E-state index in [2.05, 4.69) is 30.1 Å². The Labute approximate surface area is 163 Å². The van der Waals surface area contributed by atoms with Crippen LogP contribution in [0.25, 0.3) is 0 Å². The maximum atomic E-state index is 15.1. The fourth-order valence-electron chi connectivity index (χ4n) is 4.41. The molecule has 3 aliphatic rings. The van der Waals surface area contributed by atoms with Gasteiger partial charge in [-0.15, -0.1) is 0 Å². The molecular weight excluding hydrogens is 463 g/mol. The number of hydrogen-bond acceptors (Lipinski definition) is 5. The Morgan fingerprint density at radius 2 is 1.85 bits per heavy atom. The first-order chi connectivity index (χ1) is 12.2. The van der Waals surface area contributed by atoms with E-state index in [0.29, 0.717) is 16.2 Å². The van der Waals surface area contributed by atoms with Crippen LogP contribution < -0.4 is 9.03 Å². The van der Waals surface area contributed by atoms with Crippen LogP contribution >= 0.6 is 11.6 Å². The topological polar surface area (TPSA) is 64.1 Å². The minimum absolute atomic E-state index is 0.0594. The summed E-state index contributed by atoms with van der Waals surface area (Å²) in [6.07, 6.45) is 4.15. The second-order valence-electron chi connectivity index (χ2n) is 8.38. The average Bonchev–Trinajstić information content (AvgIpc) is 2.58. The molecule has 3 fully saturated rings. The Kier molecular flexibility index (Phi) is 6.02. The number of anilines is 1. The van der Waals surface area contributed by atoms with Crippen molar-refractivity contribution in [3.05, 3.63) is 11.1 Å². The number of hydrogen-bond donors (Lipinski definition) is 1. The Morgan fingerprint density at radius 1 is 1.23 bits per heavy atom. The summed E-state index contributed by atoms with van der Waals surface area (Å²) < 4.78 is 20.9. The van der Waals surface area contributed by atoms with Gasteiger partial charge in [-0.25, -0.2) is 0 Å². The SMILES string of the molecule is CCOC(=O)[C@@H]1C2CCC(CC2)[C@H]1Nc1nc(Cl)n[c]([Sn]([CH3])([CH3])[CH3])c1F. The van der Waals surface area contributed by atoms with E-state index in [1.165, 1.54) is 0 Å². The van der Waals surface area contributed by atoms with Crippen molar-refractivity contribution in [1.82, 2.24) is 9.97 Å². The Bertz CT molecular complexity index is 690. The number of ether oxygens (including phenoxy) is 1. The quantitative estimate of drug-likeness (QED) is 0.388. The maximum absolute atomic E-state index is 15.1. The van der Waals surface area contributed by atoms with Crippen molar-refractivity contribution in [2.75, 3.05) is 11.9 Å². The minimum atomic E-state index is -2.79. The predicted molar refractivity (Wildman–Crippen MR) is 103 cm³/mol. The number of nitrogens with one attached hydrogen (secondary N) is 1. The van der Waals surface area contributed by atoms with E-state index in [1.807, 2.05) is 6.92 Å². The summed E-state index contributed by atoms with van der Waals surface area (Å²) in [6.45, 7) is 2.17. The molecule has 1 heterocycles. The number of carbonyl (C=O) groups excluding carboxylic acids is 1. The van der Waals surface area contributed by atoms with Gasteiger partial charge in [0.1, 0.15) is 0 Å². The number of carbonyl (C=O) groups is 1. The van der Waals surface area contributed by atoms with Gasteiger partial charge >= 0.3 is 164 Å². The molecule has 1 aromatic heterocycles. The summed E-state index contributed by atoms with van der Waals surface area (Å²) in [5.41, 5.74) is 0. The van der Waals surface area contributed by atoms with Crippen LogP contribution in [0.2, 0.25) is 20.1 Å². The first kappa shape index (κ1) is 20.1. The third kappa shape index (κ3) is 3.96. The molecule has 0 spiro atoms. The fourth-order valence-corrected chi connectivity index (χ4v) is 8.25. The molecule has 4 rings (SSSR count). The zero-order valence-electron chi connectivity index (χ0n) is 15.8. The van der Waals surface area contributed by atoms with Gasteiger partial charge in [0, 0.05) is 0 Å². The standard InChI is InChI=1S/C15H18ClFN3O2.3CH3.Sn/c1-2-22-14(21)11-8-3-5-9(6-4-8)12(11)19-13-10(17)7-18-15(16)20-13;;;;/h8-9,11-12H,2-6H2,1H3,(H,18,19,20);3*1H3;/t8?,9?,11-,12-;;;;/m1..../s1. The monoisotopic (exact) mass is 491 g/mol. The molecular formula is C18H27ClFN3O2Sn. The molecule has 1 aromatic rings. The van der Waals surface area contributed by atoms with Gasteiger partial charge in [0.15, 0.2) is 0 Å². The van der Waals surface area contributed by atoms with Gasteiger partial charge in [0.25, 0.3) is 0 Å². The van der Waals surface area contributed by atoms with Crippen molar-refractivity contribution >= 4 is 45.5 Å². The molecule has 0 saturated heterocycles. The van der Waals surface area contributed by atoms with Crippen LogP contribution in [-0.2, 0) is 9.53 Å². The molecule has 5 nitrogen and oxygen atoms in total. The molecule has 1 N–H and O–H groups in total. The van der Waals surface area contributed by atoms with E-state index in [4.69, 9.17) is 16.3 Å². The number of rotatable bonds is 5. The van der Waals surface area contributed by atoms with Gasteiger partial charge in [-0.05, 0) is 0 Å². The number of halogens is 2. The molecule has 144 valence electrons. The molecule has 0 amide bonds. The Balaban J connectivity index is 1.93. The second-order valence-corrected chi connectivity index (χ2v) is 22.9. The number of nitrogens with zero attached hydrogens (tertiary/aromatic N) is 2. The van der Waals surface area contributed by atoms with Crippen LogP contribution in [0.15, 0.2) is 0 Å². The molecule has 26 heavy (non-hydrogen) atoms. The van der Waals surface area contributed by atoms with Crippen molar-refractivity contribution in [3.8, 4) is 0 Å². The van der Waals surface area contributed by atoms with Crippen molar-refractivity contribution in [2.45, 2.75) is 53.5 Å². The zero-order valence-corrected chi connectivity index (χ0v) is 19.4. The van der Waals surface area contributed by atoms with E-state index < -0.39 is 24.2 Å². The second kappa shape index (κ2) is 7.78. The van der Waals surface area contributed by atoms with E-state index in [-0.39, 0.29) is 34.9 Å². The predicted octanol–water partition coefficient (Wildman–Crippen LogP) is 3.59. The first-order valence-electron chi connectivity index (χ1n) is 9.39. The molecule has 3 saturated carbocycles. The van der Waals surface area contributed by atoms with Gasteiger partial charge in [-0.3, -0.25) is 0 Å². The van der Waals surface area contributed by atoms with Crippen molar-refractivity contribution in [3.63, 3.8) is 0 Å². The number of esters is 1. The third-order valence-corrected chi connectivity index (χ3v) is 10.8. The average molecular weight is 491 g/mol. The summed E-state index contributed by atoms with van der Waals surface area (Å²) in [5, 5.41) is 3.30. The third-order valence-electron chi connectivity index (χ3n) is 5.62. The molecule has 0 unspecified atom stereocenters. The normalized spacial score (nSPS) is 28.1. The first-order valence-corrected chi connectivity index (χ1v) is 19.8. The van der Waals surface area contributed by atoms with Crippen LogP contribution in [0, 0.1) is 23.6 Å². The number of fused-ring (bicyclic) bond motifs is 3. The van der Waals surface area contributed by atoms with E-state index in [9.17, 15) is 4.79 Å². The van der Waals surface area contributed by atoms with Gasteiger partial charge in [-0.2, -0.15) is 0 Å². The van der Waals surface area contributed by atoms with E-state index in [0.717, 1.165) is 25.7 Å². The van der Waals surface area contributed by atoms with Crippen LogP contribution in [0.5, 0.6) is 0 Å². The molecule has 2 atom stereocenters. The van der Waals surface area contributed by atoms with Gasteiger partial charge < -0.3 is 0 Å². The van der Waals surface area contributed by atoms with Gasteiger partial charge in [0.05, 0.1) is 0 Å². The summed E-state index contributed by atoms with van der Waals surface area (Å²) in [6, 6.07) is -0.162. The molecule has 0 aliphatic heterocycles. The molecule has 2 bridgehead atoms. The van der Waals surface area contributed by atoms with Crippen LogP contribution in [0.3, 0.4) is 0 Å². The van der Waals surface area contributed by atoms with Crippen molar-refractivity contribution in [2.24, 2.45) is 17.8 Å². The Morgan fingerprint density at radius 3 is 2.42 bits per heavy atom. The molecule has 0 aromatic carbocycles. The van der Waals surface area contributed by atoms with Crippen LogP contribution in [-0.4, -0.2) is 47.0 Å². The van der Waals surface area contributed by atoms with E-state index in [1.54, 1.807) is 0 Å². The van der Waals surface area contributed by atoms with Crippen LogP contribution in [0.4, 0.5) is 10.2 Å². The van der Waals surface area contributed by atoms with Crippen molar-refractivity contribution < 1.29 is 13.9 Å². The Hall–Kier alpha value is -0.631. The summed E-state index contributed by atoms with van der Waals surface area (Å²) in [7, 11) is 0. The summed E-state index contributed by atoms with van der Waals surface area (Å²) in [4.78, 5) is 27.1.